The van der Waals surface area contributed by atoms with Crippen LogP contribution in [0.5, 0.6) is 0 Å². The number of thioether (sulfide) groups is 1. The second kappa shape index (κ2) is 8.83. The molecule has 2 amide bonds. The number of amidine groups is 1. The minimum absolute atomic E-state index is 0.0856. The van der Waals surface area contributed by atoms with Crippen LogP contribution in [0.25, 0.3) is 0 Å². The van der Waals surface area contributed by atoms with Crippen molar-refractivity contribution in [3.63, 3.8) is 0 Å². The highest BCUT2D eigenvalue weighted by Crippen LogP contribution is 2.25. The molecule has 1 heterocycles. The molecule has 1 atom stereocenters. The summed E-state index contributed by atoms with van der Waals surface area (Å²) in [6.45, 7) is 3.97. The highest BCUT2D eigenvalue weighted by molar-refractivity contribution is 8.15. The summed E-state index contributed by atoms with van der Waals surface area (Å²) in [4.78, 5) is 24.8. The van der Waals surface area contributed by atoms with Gasteiger partial charge in [-0.25, -0.2) is 0 Å². The summed E-state index contributed by atoms with van der Waals surface area (Å²) >= 11 is 1.26. The van der Waals surface area contributed by atoms with Gasteiger partial charge in [-0.05, 0) is 55.9 Å². The molecule has 154 valence electrons. The minimum Gasteiger partial charge on any atom is -0.326 e. The maximum absolute atomic E-state index is 12.5. The van der Waals surface area contributed by atoms with E-state index in [9.17, 15) is 9.59 Å². The quantitative estimate of drug-likeness (QED) is 0.735. The number of nitrogens with zero attached hydrogens (tertiary/aromatic N) is 2. The Hall–Kier alpha value is -2.93. The molecule has 1 saturated heterocycles. The predicted molar refractivity (Wildman–Crippen MR) is 122 cm³/mol. The molecule has 0 saturated carbocycles. The average Bonchev–Trinajstić information content (AvgIpc) is 3.09. The molecule has 1 unspecified atom stereocenters. The molecule has 1 aliphatic carbocycles. The van der Waals surface area contributed by atoms with E-state index in [0.717, 1.165) is 47.4 Å². The number of benzene rings is 2. The van der Waals surface area contributed by atoms with E-state index in [1.165, 1.54) is 17.3 Å². The van der Waals surface area contributed by atoms with Crippen LogP contribution in [0, 0.1) is 13.8 Å². The van der Waals surface area contributed by atoms with Crippen molar-refractivity contribution in [2.75, 3.05) is 5.32 Å². The van der Waals surface area contributed by atoms with E-state index in [2.05, 4.69) is 33.0 Å². The fraction of sp³-hybridized carbons (Fsp3) is 0.304. The van der Waals surface area contributed by atoms with Gasteiger partial charge in [0.1, 0.15) is 5.25 Å². The Kier molecular flexibility index (Phi) is 5.99. The molecule has 2 aromatic rings. The molecule has 4 rings (SSSR count). The summed E-state index contributed by atoms with van der Waals surface area (Å²) in [6, 6.07) is 14.0. The molecule has 2 N–H and O–H groups in total. The van der Waals surface area contributed by atoms with Crippen molar-refractivity contribution in [3.05, 3.63) is 64.7 Å². The van der Waals surface area contributed by atoms with Crippen molar-refractivity contribution in [1.82, 2.24) is 5.32 Å². The molecule has 1 fully saturated rings. The highest BCUT2D eigenvalue weighted by atomic mass is 32.2. The number of fused-ring (bicyclic) bond motifs is 1. The Morgan fingerprint density at radius 2 is 1.97 bits per heavy atom. The van der Waals surface area contributed by atoms with E-state index < -0.39 is 5.25 Å². The molecule has 0 bridgehead atoms. The zero-order chi connectivity index (χ0) is 21.1. The molecular weight excluding hydrogens is 396 g/mol. The van der Waals surface area contributed by atoms with Crippen molar-refractivity contribution in [1.29, 1.82) is 0 Å². The van der Waals surface area contributed by atoms with Gasteiger partial charge in [0.2, 0.25) is 11.8 Å². The summed E-state index contributed by atoms with van der Waals surface area (Å²) in [7, 11) is 0. The van der Waals surface area contributed by atoms with Crippen LogP contribution < -0.4 is 10.6 Å². The third-order valence-electron chi connectivity index (χ3n) is 5.48. The van der Waals surface area contributed by atoms with Gasteiger partial charge in [0.25, 0.3) is 0 Å². The largest absolute Gasteiger partial charge is 0.326 e. The smallest absolute Gasteiger partial charge is 0.240 e. The Morgan fingerprint density at radius 3 is 2.83 bits per heavy atom. The fourth-order valence-corrected chi connectivity index (χ4v) is 4.57. The first kappa shape index (κ1) is 20.3. The lowest BCUT2D eigenvalue weighted by Crippen LogP contribution is -2.28. The lowest BCUT2D eigenvalue weighted by Gasteiger charge is -2.16. The predicted octanol–water partition coefficient (Wildman–Crippen LogP) is 3.96. The highest BCUT2D eigenvalue weighted by Gasteiger charge is 2.32. The van der Waals surface area contributed by atoms with E-state index in [1.807, 2.05) is 44.2 Å². The van der Waals surface area contributed by atoms with E-state index in [0.29, 0.717) is 5.17 Å². The Labute approximate surface area is 180 Å². The van der Waals surface area contributed by atoms with Gasteiger partial charge in [0, 0.05) is 17.7 Å². The fourth-order valence-electron chi connectivity index (χ4n) is 3.65. The lowest BCUT2D eigenvalue weighted by atomic mass is 9.90. The van der Waals surface area contributed by atoms with Crippen molar-refractivity contribution < 1.29 is 9.59 Å². The van der Waals surface area contributed by atoms with E-state index >= 15 is 0 Å². The SMILES string of the molecule is Cc1cccc(NC(=O)CC2S/C(=N\N=C3CCCc4ccccc43)NC2=O)c1C. The van der Waals surface area contributed by atoms with Gasteiger partial charge in [-0.1, -0.05) is 48.2 Å². The van der Waals surface area contributed by atoms with Crippen molar-refractivity contribution in [3.8, 4) is 0 Å². The number of rotatable bonds is 4. The molecule has 1 aliphatic heterocycles. The molecule has 0 aromatic heterocycles. The molecular formula is C23H24N4O2S. The second-order valence-corrected chi connectivity index (χ2v) is 8.75. The number of hydrogen-bond acceptors (Lipinski definition) is 5. The third kappa shape index (κ3) is 4.46. The molecule has 2 aliphatic rings. The molecule has 7 heteroatoms. The van der Waals surface area contributed by atoms with Gasteiger partial charge < -0.3 is 10.6 Å². The zero-order valence-corrected chi connectivity index (χ0v) is 17.9. The number of carbonyl (C=O) groups is 2. The molecule has 30 heavy (non-hydrogen) atoms. The van der Waals surface area contributed by atoms with Gasteiger partial charge in [0.15, 0.2) is 5.17 Å². The van der Waals surface area contributed by atoms with Gasteiger partial charge in [-0.3, -0.25) is 9.59 Å². The monoisotopic (exact) mass is 420 g/mol. The molecule has 6 nitrogen and oxygen atoms in total. The average molecular weight is 421 g/mol. The van der Waals surface area contributed by atoms with Crippen molar-refractivity contribution in [2.45, 2.75) is 44.8 Å². The Balaban J connectivity index is 1.41. The number of carbonyl (C=O) groups excluding carboxylic acids is 2. The normalized spacial score (nSPS) is 20.9. The second-order valence-electron chi connectivity index (χ2n) is 7.56. The molecule has 0 radical (unpaired) electrons. The van der Waals surface area contributed by atoms with Crippen LogP contribution in [0.4, 0.5) is 5.69 Å². The summed E-state index contributed by atoms with van der Waals surface area (Å²) in [6.07, 6.45) is 3.05. The summed E-state index contributed by atoms with van der Waals surface area (Å²) in [5.74, 6) is -0.399. The molecule has 2 aromatic carbocycles. The first-order valence-electron chi connectivity index (χ1n) is 10.1. The maximum Gasteiger partial charge on any atom is 0.240 e. The first-order chi connectivity index (χ1) is 14.5. The third-order valence-corrected chi connectivity index (χ3v) is 6.55. The first-order valence-corrected chi connectivity index (χ1v) is 11.0. The Bertz CT molecular complexity index is 1060. The van der Waals surface area contributed by atoms with Crippen LogP contribution in [0.15, 0.2) is 52.7 Å². The van der Waals surface area contributed by atoms with Gasteiger partial charge in [0.05, 0.1) is 5.71 Å². The maximum atomic E-state index is 12.5. The summed E-state index contributed by atoms with van der Waals surface area (Å²) in [5.41, 5.74) is 6.27. The van der Waals surface area contributed by atoms with E-state index in [4.69, 9.17) is 0 Å². The van der Waals surface area contributed by atoms with Crippen LogP contribution in [-0.4, -0.2) is 27.9 Å². The zero-order valence-electron chi connectivity index (χ0n) is 17.1. The number of amides is 2. The van der Waals surface area contributed by atoms with E-state index in [-0.39, 0.29) is 18.2 Å². The van der Waals surface area contributed by atoms with Crippen LogP contribution in [0.1, 0.15) is 41.5 Å². The van der Waals surface area contributed by atoms with Gasteiger partial charge in [-0.2, -0.15) is 5.10 Å². The summed E-state index contributed by atoms with van der Waals surface area (Å²) < 4.78 is 0. The minimum atomic E-state index is -0.507. The van der Waals surface area contributed by atoms with Gasteiger partial charge >= 0.3 is 0 Å². The van der Waals surface area contributed by atoms with Crippen LogP contribution in [-0.2, 0) is 16.0 Å². The van der Waals surface area contributed by atoms with Gasteiger partial charge in [-0.15, -0.1) is 5.10 Å². The van der Waals surface area contributed by atoms with Crippen LogP contribution >= 0.6 is 11.8 Å². The van der Waals surface area contributed by atoms with Crippen molar-refractivity contribution in [2.24, 2.45) is 10.2 Å². The number of anilines is 1. The lowest BCUT2D eigenvalue weighted by molar-refractivity contribution is -0.122. The van der Waals surface area contributed by atoms with Crippen LogP contribution in [0.3, 0.4) is 0 Å². The number of aryl methyl sites for hydroxylation is 2. The number of hydrogen-bond donors (Lipinski definition) is 2. The Morgan fingerprint density at radius 1 is 1.13 bits per heavy atom. The van der Waals surface area contributed by atoms with Crippen molar-refractivity contribution >= 4 is 40.1 Å². The standard InChI is InChI=1S/C23H24N4O2S/c1-14-7-5-11-18(15(14)2)24-21(28)13-20-22(29)25-23(30-20)27-26-19-12-6-9-16-8-3-4-10-17(16)19/h3-5,7-8,10-11,20H,6,9,12-13H2,1-2H3,(H,24,28)(H,25,27,29). The number of nitrogens with one attached hydrogen (secondary N) is 2. The molecule has 0 spiro atoms. The summed E-state index contributed by atoms with van der Waals surface area (Å²) in [5, 5.41) is 14.3. The van der Waals surface area contributed by atoms with Crippen LogP contribution in [0.2, 0.25) is 0 Å². The topological polar surface area (TPSA) is 82.9 Å². The van der Waals surface area contributed by atoms with E-state index in [1.54, 1.807) is 0 Å².